The molecule has 2 aromatic rings. The van der Waals surface area contributed by atoms with E-state index in [2.05, 4.69) is 12.1 Å². The van der Waals surface area contributed by atoms with Crippen molar-refractivity contribution in [1.29, 1.82) is 0 Å². The zero-order chi connectivity index (χ0) is 17.4. The van der Waals surface area contributed by atoms with E-state index in [-0.39, 0.29) is 11.7 Å². The fourth-order valence-electron chi connectivity index (χ4n) is 4.28. The average Bonchev–Trinajstić information content (AvgIpc) is 2.66. The quantitative estimate of drug-likeness (QED) is 0.778. The van der Waals surface area contributed by atoms with Gasteiger partial charge in [-0.1, -0.05) is 48.0 Å². The summed E-state index contributed by atoms with van der Waals surface area (Å²) in [4.78, 5) is 12.4. The van der Waals surface area contributed by atoms with E-state index in [4.69, 9.17) is 11.6 Å². The minimum absolute atomic E-state index is 0.0238. The first kappa shape index (κ1) is 16.6. The van der Waals surface area contributed by atoms with Crippen molar-refractivity contribution in [3.63, 3.8) is 0 Å². The topological polar surface area (TPSA) is 37.3 Å². The summed E-state index contributed by atoms with van der Waals surface area (Å²) in [6.45, 7) is 0. The monoisotopic (exact) mass is 352 g/mol. The van der Waals surface area contributed by atoms with Gasteiger partial charge < -0.3 is 5.11 Å². The van der Waals surface area contributed by atoms with Crippen LogP contribution in [0.2, 0.25) is 5.02 Å². The van der Waals surface area contributed by atoms with Gasteiger partial charge in [-0.3, -0.25) is 4.79 Å². The van der Waals surface area contributed by atoms with Gasteiger partial charge in [-0.25, -0.2) is 0 Å². The van der Waals surface area contributed by atoms with Gasteiger partial charge >= 0.3 is 0 Å². The van der Waals surface area contributed by atoms with Gasteiger partial charge in [-0.15, -0.1) is 0 Å². The molecule has 2 nitrogen and oxygen atoms in total. The maximum absolute atomic E-state index is 12.4. The molecule has 0 spiro atoms. The molecule has 0 bridgehead atoms. The Hall–Kier alpha value is -1.90. The maximum Gasteiger partial charge on any atom is 0.186 e. The van der Waals surface area contributed by atoms with Gasteiger partial charge in [0.1, 0.15) is 6.10 Å². The standard InChI is InChI=1S/C22H21ClO2/c23-17-11-9-15(10-12-17)14-5-7-16(8-6-14)20-13-21(24)18-3-1-2-4-19(18)22(20)25/h1-4,9-14,16,22,25H,5-8H2. The molecule has 0 aromatic heterocycles. The van der Waals surface area contributed by atoms with Crippen LogP contribution in [0.25, 0.3) is 0 Å². The molecule has 0 aliphatic heterocycles. The van der Waals surface area contributed by atoms with Crippen LogP contribution in [0, 0.1) is 5.92 Å². The Morgan fingerprint density at radius 1 is 0.880 bits per heavy atom. The van der Waals surface area contributed by atoms with E-state index in [9.17, 15) is 9.90 Å². The molecule has 3 heteroatoms. The third-order valence-corrected chi connectivity index (χ3v) is 5.93. The van der Waals surface area contributed by atoms with Crippen molar-refractivity contribution in [2.24, 2.45) is 5.92 Å². The van der Waals surface area contributed by atoms with Gasteiger partial charge in [0.2, 0.25) is 0 Å². The smallest absolute Gasteiger partial charge is 0.186 e. The number of aliphatic hydroxyl groups is 1. The number of hydrogen-bond acceptors (Lipinski definition) is 2. The molecular weight excluding hydrogens is 332 g/mol. The molecule has 0 radical (unpaired) electrons. The van der Waals surface area contributed by atoms with E-state index in [1.807, 2.05) is 30.3 Å². The molecule has 1 N–H and O–H groups in total. The van der Waals surface area contributed by atoms with Gasteiger partial charge in [0.25, 0.3) is 0 Å². The van der Waals surface area contributed by atoms with Crippen molar-refractivity contribution in [2.45, 2.75) is 37.7 Å². The van der Waals surface area contributed by atoms with Crippen molar-refractivity contribution >= 4 is 17.4 Å². The molecule has 4 rings (SSSR count). The number of benzene rings is 2. The summed E-state index contributed by atoms with van der Waals surface area (Å²) in [5.74, 6) is 0.851. The summed E-state index contributed by atoms with van der Waals surface area (Å²) < 4.78 is 0. The molecule has 25 heavy (non-hydrogen) atoms. The summed E-state index contributed by atoms with van der Waals surface area (Å²) in [6.07, 6.45) is 5.20. The number of allylic oxidation sites excluding steroid dienone is 1. The molecule has 1 fully saturated rings. The largest absolute Gasteiger partial charge is 0.384 e. The Balaban J connectivity index is 1.49. The highest BCUT2D eigenvalue weighted by molar-refractivity contribution is 6.30. The predicted octanol–water partition coefficient (Wildman–Crippen LogP) is 5.47. The van der Waals surface area contributed by atoms with Crippen LogP contribution < -0.4 is 0 Å². The number of carbonyl (C=O) groups excluding carboxylic acids is 1. The van der Waals surface area contributed by atoms with E-state index in [0.717, 1.165) is 41.8 Å². The Bertz CT molecular complexity index is 814. The minimum Gasteiger partial charge on any atom is -0.384 e. The van der Waals surface area contributed by atoms with Crippen molar-refractivity contribution in [2.75, 3.05) is 0 Å². The van der Waals surface area contributed by atoms with Crippen LogP contribution in [0.5, 0.6) is 0 Å². The van der Waals surface area contributed by atoms with Gasteiger partial charge in [-0.05, 0) is 72.4 Å². The van der Waals surface area contributed by atoms with Crippen LogP contribution in [0.3, 0.4) is 0 Å². The van der Waals surface area contributed by atoms with E-state index in [0.29, 0.717) is 11.5 Å². The first-order chi connectivity index (χ1) is 12.1. The van der Waals surface area contributed by atoms with E-state index < -0.39 is 6.10 Å². The third kappa shape index (κ3) is 3.17. The summed E-state index contributed by atoms with van der Waals surface area (Å²) >= 11 is 5.98. The predicted molar refractivity (Wildman–Crippen MR) is 100.0 cm³/mol. The summed E-state index contributed by atoms with van der Waals surface area (Å²) in [5.41, 5.74) is 3.62. The normalized spacial score (nSPS) is 26.1. The fraction of sp³-hybridized carbons (Fsp3) is 0.318. The summed E-state index contributed by atoms with van der Waals surface area (Å²) in [6, 6.07) is 15.5. The number of ketones is 1. The van der Waals surface area contributed by atoms with Gasteiger partial charge in [0.05, 0.1) is 0 Å². The van der Waals surface area contributed by atoms with Crippen molar-refractivity contribution in [3.8, 4) is 0 Å². The lowest BCUT2D eigenvalue weighted by Crippen LogP contribution is -2.23. The third-order valence-electron chi connectivity index (χ3n) is 5.67. The Kier molecular flexibility index (Phi) is 4.49. The Labute approximate surface area is 153 Å². The minimum atomic E-state index is -0.647. The molecule has 128 valence electrons. The highest BCUT2D eigenvalue weighted by atomic mass is 35.5. The van der Waals surface area contributed by atoms with Gasteiger partial charge in [0.15, 0.2) is 5.78 Å². The van der Waals surface area contributed by atoms with Crippen LogP contribution in [-0.2, 0) is 0 Å². The van der Waals surface area contributed by atoms with Crippen molar-refractivity contribution in [3.05, 3.63) is 81.9 Å². The summed E-state index contributed by atoms with van der Waals surface area (Å²) in [7, 11) is 0. The number of carbonyl (C=O) groups is 1. The molecule has 0 heterocycles. The van der Waals surface area contributed by atoms with Crippen LogP contribution in [0.1, 0.15) is 59.2 Å². The maximum atomic E-state index is 12.4. The molecule has 0 amide bonds. The molecule has 2 aliphatic rings. The molecular formula is C22H21ClO2. The van der Waals surface area contributed by atoms with Crippen LogP contribution >= 0.6 is 11.6 Å². The molecule has 2 aliphatic carbocycles. The zero-order valence-corrected chi connectivity index (χ0v) is 14.7. The second kappa shape index (κ2) is 6.78. The lowest BCUT2D eigenvalue weighted by atomic mass is 9.72. The number of aliphatic hydroxyl groups excluding tert-OH is 1. The Morgan fingerprint density at radius 3 is 2.24 bits per heavy atom. The highest BCUT2D eigenvalue weighted by Gasteiger charge is 2.32. The lowest BCUT2D eigenvalue weighted by Gasteiger charge is -2.34. The first-order valence-electron chi connectivity index (χ1n) is 8.92. The van der Waals surface area contributed by atoms with Gasteiger partial charge in [0, 0.05) is 10.6 Å². The van der Waals surface area contributed by atoms with Crippen LogP contribution in [0.4, 0.5) is 0 Å². The SMILES string of the molecule is O=C1C=C(C2CCC(c3ccc(Cl)cc3)CC2)C(O)c2ccccc21. The molecule has 1 unspecified atom stereocenters. The highest BCUT2D eigenvalue weighted by Crippen LogP contribution is 2.44. The first-order valence-corrected chi connectivity index (χ1v) is 9.29. The fourth-order valence-corrected chi connectivity index (χ4v) is 4.41. The second-order valence-electron chi connectivity index (χ2n) is 7.10. The van der Waals surface area contributed by atoms with E-state index >= 15 is 0 Å². The van der Waals surface area contributed by atoms with Crippen molar-refractivity contribution in [1.82, 2.24) is 0 Å². The van der Waals surface area contributed by atoms with Crippen molar-refractivity contribution < 1.29 is 9.90 Å². The van der Waals surface area contributed by atoms with Crippen LogP contribution in [0.15, 0.2) is 60.2 Å². The number of rotatable bonds is 2. The van der Waals surface area contributed by atoms with Gasteiger partial charge in [-0.2, -0.15) is 0 Å². The molecule has 1 saturated carbocycles. The second-order valence-corrected chi connectivity index (χ2v) is 7.53. The van der Waals surface area contributed by atoms with Crippen LogP contribution in [-0.4, -0.2) is 10.9 Å². The van der Waals surface area contributed by atoms with E-state index in [1.165, 1.54) is 5.56 Å². The molecule has 1 atom stereocenters. The lowest BCUT2D eigenvalue weighted by molar-refractivity contribution is 0.102. The number of fused-ring (bicyclic) bond motifs is 1. The average molecular weight is 353 g/mol. The van der Waals surface area contributed by atoms with E-state index in [1.54, 1.807) is 12.1 Å². The number of hydrogen-bond donors (Lipinski definition) is 1. The molecule has 2 aromatic carbocycles. The number of halogens is 1. The molecule has 0 saturated heterocycles. The summed E-state index contributed by atoms with van der Waals surface area (Å²) in [5, 5.41) is 11.5. The zero-order valence-electron chi connectivity index (χ0n) is 14.0. The Morgan fingerprint density at radius 2 is 1.52 bits per heavy atom.